The lowest BCUT2D eigenvalue weighted by Gasteiger charge is -2.18. The summed E-state index contributed by atoms with van der Waals surface area (Å²) in [6.45, 7) is 7.51. The first-order valence-electron chi connectivity index (χ1n) is 10.6. The fourth-order valence-corrected chi connectivity index (χ4v) is 4.21. The number of likely N-dealkylation sites (tertiary alicyclic amines) is 1. The summed E-state index contributed by atoms with van der Waals surface area (Å²) in [4.78, 5) is 18.2. The summed E-state index contributed by atoms with van der Waals surface area (Å²) in [7, 11) is 1.62. The number of hydrogen-bond donors (Lipinski definition) is 1. The van der Waals surface area contributed by atoms with Crippen LogP contribution in [0.5, 0.6) is 11.5 Å². The van der Waals surface area contributed by atoms with Crippen molar-refractivity contribution in [2.24, 2.45) is 0 Å². The monoisotopic (exact) mass is 415 g/mol. The fraction of sp³-hybridized carbons (Fsp3) is 0.545. The Labute approximate surface area is 176 Å². The van der Waals surface area contributed by atoms with Crippen molar-refractivity contribution in [2.75, 3.05) is 45.2 Å². The summed E-state index contributed by atoms with van der Waals surface area (Å²) in [6, 6.07) is 3.78. The number of nitrogens with one attached hydrogen (secondary N) is 1. The molecule has 8 nitrogen and oxygen atoms in total. The van der Waals surface area contributed by atoms with Gasteiger partial charge in [-0.3, -0.25) is 4.79 Å². The van der Waals surface area contributed by atoms with Gasteiger partial charge in [-0.1, -0.05) is 0 Å². The first-order valence-corrected chi connectivity index (χ1v) is 10.6. The van der Waals surface area contributed by atoms with Crippen molar-refractivity contribution in [1.29, 1.82) is 0 Å². The fourth-order valence-electron chi connectivity index (χ4n) is 4.21. The van der Waals surface area contributed by atoms with E-state index in [1.807, 2.05) is 19.1 Å². The molecule has 4 rings (SSSR count). The molecule has 3 heterocycles. The maximum atomic E-state index is 11.0. The first-order chi connectivity index (χ1) is 14.7. The van der Waals surface area contributed by atoms with Crippen LogP contribution in [0.15, 0.2) is 12.1 Å². The van der Waals surface area contributed by atoms with Crippen molar-refractivity contribution in [3.05, 3.63) is 23.3 Å². The van der Waals surface area contributed by atoms with E-state index >= 15 is 0 Å². The number of methoxy groups -OCH3 is 1. The van der Waals surface area contributed by atoms with Gasteiger partial charge in [-0.2, -0.15) is 0 Å². The summed E-state index contributed by atoms with van der Waals surface area (Å²) in [5.74, 6) is 2.02. The molecule has 1 unspecified atom stereocenters. The molecule has 1 fully saturated rings. The van der Waals surface area contributed by atoms with E-state index in [4.69, 9.17) is 23.9 Å². The summed E-state index contributed by atoms with van der Waals surface area (Å²) in [5.41, 5.74) is 2.45. The number of ether oxygens (including phenoxy) is 4. The predicted octanol–water partition coefficient (Wildman–Crippen LogP) is 3.24. The maximum absolute atomic E-state index is 11.0. The number of carbonyl (C=O) groups excluding carboxylic acids is 1. The molecule has 0 bridgehead atoms. The third-order valence-electron chi connectivity index (χ3n) is 5.63. The Morgan fingerprint density at radius 3 is 2.87 bits per heavy atom. The smallest absolute Gasteiger partial charge is 0.295 e. The zero-order valence-corrected chi connectivity index (χ0v) is 17.6. The molecule has 162 valence electrons. The Balaban J connectivity index is 1.62. The summed E-state index contributed by atoms with van der Waals surface area (Å²) in [6.07, 6.45) is 2.80. The van der Waals surface area contributed by atoms with Gasteiger partial charge in [0.15, 0.2) is 11.5 Å². The maximum Gasteiger partial charge on any atom is 0.295 e. The molecule has 1 aromatic carbocycles. The first kappa shape index (κ1) is 20.7. The van der Waals surface area contributed by atoms with E-state index < -0.39 is 6.29 Å². The van der Waals surface area contributed by atoms with Crippen LogP contribution in [0.1, 0.15) is 43.6 Å². The molecule has 8 heteroatoms. The molecule has 2 aromatic rings. The highest BCUT2D eigenvalue weighted by molar-refractivity contribution is 5.89. The lowest BCUT2D eigenvalue weighted by molar-refractivity contribution is -0.162. The molecule has 1 aromatic heterocycles. The normalized spacial score (nSPS) is 18.4. The molecular weight excluding hydrogens is 386 g/mol. The van der Waals surface area contributed by atoms with Gasteiger partial charge in [0.1, 0.15) is 5.82 Å². The van der Waals surface area contributed by atoms with Crippen molar-refractivity contribution in [3.63, 3.8) is 0 Å². The van der Waals surface area contributed by atoms with Gasteiger partial charge in [0.05, 0.1) is 25.8 Å². The number of anilines is 1. The molecular formula is C22H29N3O5. The second-order valence-electron chi connectivity index (χ2n) is 7.53. The summed E-state index contributed by atoms with van der Waals surface area (Å²) >= 11 is 0. The van der Waals surface area contributed by atoms with E-state index in [1.54, 1.807) is 7.11 Å². The van der Waals surface area contributed by atoms with Crippen LogP contribution in [0.2, 0.25) is 0 Å². The molecule has 1 saturated heterocycles. The van der Waals surface area contributed by atoms with Crippen molar-refractivity contribution < 1.29 is 23.7 Å². The second kappa shape index (κ2) is 9.49. The van der Waals surface area contributed by atoms with Crippen LogP contribution in [0, 0.1) is 0 Å². The van der Waals surface area contributed by atoms with Crippen molar-refractivity contribution in [3.8, 4) is 11.5 Å². The van der Waals surface area contributed by atoms with E-state index in [9.17, 15) is 4.79 Å². The highest BCUT2D eigenvalue weighted by Crippen LogP contribution is 2.43. The Kier molecular flexibility index (Phi) is 6.54. The van der Waals surface area contributed by atoms with Crippen molar-refractivity contribution >= 4 is 23.2 Å². The van der Waals surface area contributed by atoms with E-state index in [-0.39, 0.29) is 0 Å². The topological polar surface area (TPSA) is 82.2 Å². The van der Waals surface area contributed by atoms with Crippen LogP contribution >= 0.6 is 0 Å². The lowest BCUT2D eigenvalue weighted by Crippen LogP contribution is -2.21. The number of nitrogens with zero attached hydrogens (tertiary/aromatic N) is 2. The SMILES string of the molecule is CCNc1nc2cc(OCCCN3CCCC3)c(OC)cc2c2c1COC2OC=O. The minimum Gasteiger partial charge on any atom is -0.493 e. The Hall–Kier alpha value is -2.58. The van der Waals surface area contributed by atoms with Gasteiger partial charge in [-0.15, -0.1) is 0 Å². The van der Waals surface area contributed by atoms with Gasteiger partial charge in [0, 0.05) is 35.7 Å². The molecule has 1 atom stereocenters. The minimum absolute atomic E-state index is 0.330. The molecule has 0 spiro atoms. The van der Waals surface area contributed by atoms with Crippen LogP contribution in [-0.2, 0) is 20.9 Å². The number of fused-ring (bicyclic) bond motifs is 3. The standard InChI is InChI=1S/C22H29N3O5/c1-3-23-21-16-13-29-22(30-14-26)20(16)15-11-18(27-2)19(12-17(15)24-21)28-10-6-9-25-7-4-5-8-25/h11-12,14,22H,3-10,13H2,1-2H3,(H,23,24). The highest BCUT2D eigenvalue weighted by Gasteiger charge is 2.31. The molecule has 0 aliphatic carbocycles. The molecule has 1 N–H and O–H groups in total. The molecule has 0 amide bonds. The molecule has 2 aliphatic rings. The van der Waals surface area contributed by atoms with Gasteiger partial charge in [-0.05, 0) is 45.3 Å². The Morgan fingerprint density at radius 1 is 1.30 bits per heavy atom. The zero-order valence-electron chi connectivity index (χ0n) is 17.6. The van der Waals surface area contributed by atoms with Crippen molar-refractivity contribution in [2.45, 2.75) is 39.1 Å². The summed E-state index contributed by atoms with van der Waals surface area (Å²) in [5, 5.41) is 4.11. The number of rotatable bonds is 10. The number of pyridine rings is 1. The number of hydrogen-bond acceptors (Lipinski definition) is 8. The average Bonchev–Trinajstić information content (AvgIpc) is 3.42. The number of carbonyl (C=O) groups is 1. The van der Waals surface area contributed by atoms with Gasteiger partial charge in [-0.25, -0.2) is 4.98 Å². The Morgan fingerprint density at radius 2 is 2.13 bits per heavy atom. The van der Waals surface area contributed by atoms with E-state index in [2.05, 4.69) is 10.2 Å². The van der Waals surface area contributed by atoms with Crippen LogP contribution in [-0.4, -0.2) is 56.3 Å². The highest BCUT2D eigenvalue weighted by atomic mass is 16.7. The Bertz CT molecular complexity index is 898. The molecule has 2 aliphatic heterocycles. The number of benzene rings is 1. The minimum atomic E-state index is -0.752. The van der Waals surface area contributed by atoms with E-state index in [0.29, 0.717) is 31.2 Å². The van der Waals surface area contributed by atoms with Crippen LogP contribution < -0.4 is 14.8 Å². The lowest BCUT2D eigenvalue weighted by atomic mass is 10.0. The molecule has 0 saturated carbocycles. The molecule has 0 radical (unpaired) electrons. The molecule has 30 heavy (non-hydrogen) atoms. The number of aromatic nitrogens is 1. The third kappa shape index (κ3) is 4.15. The predicted molar refractivity (Wildman–Crippen MR) is 113 cm³/mol. The van der Waals surface area contributed by atoms with Crippen LogP contribution in [0.3, 0.4) is 0 Å². The van der Waals surface area contributed by atoms with Gasteiger partial charge < -0.3 is 29.2 Å². The van der Waals surface area contributed by atoms with Gasteiger partial charge in [0.2, 0.25) is 6.29 Å². The van der Waals surface area contributed by atoms with Gasteiger partial charge >= 0.3 is 0 Å². The summed E-state index contributed by atoms with van der Waals surface area (Å²) < 4.78 is 22.5. The van der Waals surface area contributed by atoms with Crippen LogP contribution in [0.25, 0.3) is 10.9 Å². The zero-order chi connectivity index (χ0) is 20.9. The van der Waals surface area contributed by atoms with E-state index in [0.717, 1.165) is 47.4 Å². The quantitative estimate of drug-likeness (QED) is 0.468. The van der Waals surface area contributed by atoms with Crippen LogP contribution in [0.4, 0.5) is 5.82 Å². The second-order valence-corrected chi connectivity index (χ2v) is 7.53. The largest absolute Gasteiger partial charge is 0.493 e. The average molecular weight is 415 g/mol. The third-order valence-corrected chi connectivity index (χ3v) is 5.63. The van der Waals surface area contributed by atoms with Crippen molar-refractivity contribution in [1.82, 2.24) is 9.88 Å². The van der Waals surface area contributed by atoms with Gasteiger partial charge in [0.25, 0.3) is 6.47 Å². The van der Waals surface area contributed by atoms with E-state index in [1.165, 1.54) is 25.9 Å².